The maximum Gasteiger partial charge on any atom is 0.216 e. The molecule has 3 heteroatoms. The summed E-state index contributed by atoms with van der Waals surface area (Å²) in [6.45, 7) is 4.55. The van der Waals surface area contributed by atoms with Gasteiger partial charge in [-0.3, -0.25) is 0 Å². The Bertz CT molecular complexity index is 91.1. The quantitative estimate of drug-likeness (QED) is 0.563. The second-order valence-corrected chi connectivity index (χ2v) is 2.90. The van der Waals surface area contributed by atoms with Crippen LogP contribution in [0.3, 0.4) is 0 Å². The molecule has 0 N–H and O–H groups in total. The third-order valence-corrected chi connectivity index (χ3v) is 1.85. The fourth-order valence-corrected chi connectivity index (χ4v) is 1.15. The van der Waals surface area contributed by atoms with E-state index in [2.05, 4.69) is 0 Å². The lowest BCUT2D eigenvalue weighted by atomic mass is 10.5. The van der Waals surface area contributed by atoms with Gasteiger partial charge in [-0.15, -0.1) is 0 Å². The number of hydrogen-bond donors (Lipinski definition) is 0. The van der Waals surface area contributed by atoms with Crippen molar-refractivity contribution in [2.75, 3.05) is 6.61 Å². The zero-order chi connectivity index (χ0) is 7.11. The van der Waals surface area contributed by atoms with Crippen molar-refractivity contribution >= 4 is 13.8 Å². The van der Waals surface area contributed by atoms with Crippen LogP contribution in [0.25, 0.3) is 0 Å². The summed E-state index contributed by atoms with van der Waals surface area (Å²) in [5.74, 6) is 1.69. The number of hydrogen-bond acceptors (Lipinski definition) is 2. The fraction of sp³-hybridized carbons (Fsp3) is 0.833. The molecule has 0 heterocycles. The van der Waals surface area contributed by atoms with Crippen LogP contribution in [0.15, 0.2) is 0 Å². The molecule has 0 saturated heterocycles. The second kappa shape index (κ2) is 6.21. The molecule has 0 aromatic heterocycles. The Morgan fingerprint density at radius 3 is 2.67 bits per heavy atom. The molecule has 0 rings (SSSR count). The smallest absolute Gasteiger partial charge is 0.216 e. The van der Waals surface area contributed by atoms with Crippen LogP contribution in [-0.2, 0) is 4.52 Å². The Morgan fingerprint density at radius 2 is 2.22 bits per heavy atom. The minimum Gasteiger partial charge on any atom is -0.603 e. The van der Waals surface area contributed by atoms with Crippen LogP contribution in [0, 0.1) is 0 Å². The molecule has 0 aliphatic rings. The molecule has 0 aliphatic heterocycles. The lowest BCUT2D eigenvalue weighted by molar-refractivity contribution is -0.172. The SMILES string of the molecule is CC/C=[P+](\[O-])OCCC. The highest BCUT2D eigenvalue weighted by Crippen LogP contribution is 2.11. The van der Waals surface area contributed by atoms with Crippen LogP contribution in [-0.4, -0.2) is 12.4 Å². The molecule has 0 radical (unpaired) electrons. The van der Waals surface area contributed by atoms with Crippen molar-refractivity contribution in [3.8, 4) is 0 Å². The molecule has 0 aromatic rings. The Morgan fingerprint density at radius 1 is 1.56 bits per heavy atom. The van der Waals surface area contributed by atoms with Gasteiger partial charge in [0.25, 0.3) is 0 Å². The van der Waals surface area contributed by atoms with Crippen LogP contribution in [0.5, 0.6) is 0 Å². The first-order valence-corrected chi connectivity index (χ1v) is 4.48. The van der Waals surface area contributed by atoms with E-state index >= 15 is 0 Å². The molecule has 0 saturated carbocycles. The molecule has 0 fully saturated rings. The van der Waals surface area contributed by atoms with Gasteiger partial charge in [0.05, 0.1) is 6.61 Å². The van der Waals surface area contributed by atoms with E-state index in [1.807, 2.05) is 13.8 Å². The van der Waals surface area contributed by atoms with E-state index in [0.717, 1.165) is 12.8 Å². The Labute approximate surface area is 57.4 Å². The van der Waals surface area contributed by atoms with Crippen LogP contribution in [0.2, 0.25) is 0 Å². The summed E-state index contributed by atoms with van der Waals surface area (Å²) >= 11 is 0. The van der Waals surface area contributed by atoms with E-state index in [9.17, 15) is 4.89 Å². The van der Waals surface area contributed by atoms with Crippen molar-refractivity contribution in [2.24, 2.45) is 0 Å². The third kappa shape index (κ3) is 5.97. The van der Waals surface area contributed by atoms with Crippen molar-refractivity contribution < 1.29 is 9.42 Å². The van der Waals surface area contributed by atoms with Gasteiger partial charge in [-0.05, 0) is 6.42 Å². The van der Waals surface area contributed by atoms with Gasteiger partial charge in [0.2, 0.25) is 8.00 Å². The monoisotopic (exact) mass is 148 g/mol. The maximum atomic E-state index is 10.7. The topological polar surface area (TPSA) is 32.3 Å². The maximum absolute atomic E-state index is 10.7. The molecule has 2 nitrogen and oxygen atoms in total. The highest BCUT2D eigenvalue weighted by molar-refractivity contribution is 7.44. The first-order chi connectivity index (χ1) is 4.31. The van der Waals surface area contributed by atoms with Crippen molar-refractivity contribution in [3.63, 3.8) is 0 Å². The van der Waals surface area contributed by atoms with Crippen LogP contribution in [0.1, 0.15) is 26.7 Å². The van der Waals surface area contributed by atoms with Gasteiger partial charge in [-0.25, -0.2) is 0 Å². The van der Waals surface area contributed by atoms with Crippen LogP contribution >= 0.6 is 8.00 Å². The molecule has 0 aliphatic carbocycles. The minimum atomic E-state index is -1.46. The van der Waals surface area contributed by atoms with Gasteiger partial charge in [0, 0.05) is 6.42 Å². The predicted octanol–water partition coefficient (Wildman–Crippen LogP) is 1.30. The van der Waals surface area contributed by atoms with Crippen molar-refractivity contribution in [3.05, 3.63) is 0 Å². The summed E-state index contributed by atoms with van der Waals surface area (Å²) in [6.07, 6.45) is 1.75. The Balaban J connectivity index is 3.25. The van der Waals surface area contributed by atoms with Gasteiger partial charge in [0.1, 0.15) is 5.80 Å². The van der Waals surface area contributed by atoms with Gasteiger partial charge >= 0.3 is 0 Å². The number of rotatable bonds is 4. The van der Waals surface area contributed by atoms with Crippen molar-refractivity contribution in [1.82, 2.24) is 0 Å². The summed E-state index contributed by atoms with van der Waals surface area (Å²) < 4.78 is 4.89. The van der Waals surface area contributed by atoms with E-state index in [0.29, 0.717) is 6.61 Å². The highest BCUT2D eigenvalue weighted by atomic mass is 31.1. The van der Waals surface area contributed by atoms with Gasteiger partial charge in [-0.2, -0.15) is 4.52 Å². The molecule has 0 spiro atoms. The molecule has 1 atom stereocenters. The Kier molecular flexibility index (Phi) is 6.28. The molecule has 0 amide bonds. The standard InChI is InChI=1S/C6H13O2P/c1-3-5-8-9(7)6-4-2/h6H,3-5H2,1-2H3. The largest absolute Gasteiger partial charge is 0.603 e. The van der Waals surface area contributed by atoms with E-state index < -0.39 is 8.00 Å². The minimum absolute atomic E-state index is 0.603. The van der Waals surface area contributed by atoms with Gasteiger partial charge in [0.15, 0.2) is 0 Å². The van der Waals surface area contributed by atoms with E-state index in [1.54, 1.807) is 5.80 Å². The van der Waals surface area contributed by atoms with Crippen molar-refractivity contribution in [1.29, 1.82) is 0 Å². The summed E-state index contributed by atoms with van der Waals surface area (Å²) in [7, 11) is -1.46. The molecule has 1 unspecified atom stereocenters. The Hall–Kier alpha value is 0.0900. The molecule has 9 heavy (non-hydrogen) atoms. The highest BCUT2D eigenvalue weighted by Gasteiger charge is 1.92. The summed E-state index contributed by atoms with van der Waals surface area (Å²) in [6, 6.07) is 0. The van der Waals surface area contributed by atoms with Crippen molar-refractivity contribution in [2.45, 2.75) is 26.7 Å². The summed E-state index contributed by atoms with van der Waals surface area (Å²) in [5, 5.41) is 0. The zero-order valence-corrected chi connectivity index (χ0v) is 6.86. The summed E-state index contributed by atoms with van der Waals surface area (Å²) in [4.78, 5) is 10.7. The average molecular weight is 148 g/mol. The fourth-order valence-electron chi connectivity index (χ4n) is 0.383. The molecular formula is C6H13O2P. The average Bonchev–Trinajstić information content (AvgIpc) is 1.85. The lowest BCUT2D eigenvalue weighted by Gasteiger charge is -1.93. The molecule has 0 aromatic carbocycles. The van der Waals surface area contributed by atoms with Gasteiger partial charge < -0.3 is 4.89 Å². The predicted molar refractivity (Wildman–Crippen MR) is 39.5 cm³/mol. The lowest BCUT2D eigenvalue weighted by Crippen LogP contribution is -1.95. The second-order valence-electron chi connectivity index (χ2n) is 1.71. The van der Waals surface area contributed by atoms with E-state index in [1.165, 1.54) is 0 Å². The summed E-state index contributed by atoms with van der Waals surface area (Å²) in [5.41, 5.74) is 0. The van der Waals surface area contributed by atoms with Crippen LogP contribution < -0.4 is 4.89 Å². The third-order valence-electron chi connectivity index (χ3n) is 0.754. The van der Waals surface area contributed by atoms with E-state index in [4.69, 9.17) is 4.52 Å². The van der Waals surface area contributed by atoms with Crippen LogP contribution in [0.4, 0.5) is 0 Å². The van der Waals surface area contributed by atoms with E-state index in [-0.39, 0.29) is 0 Å². The molecular weight excluding hydrogens is 135 g/mol. The van der Waals surface area contributed by atoms with Gasteiger partial charge in [-0.1, -0.05) is 13.8 Å². The zero-order valence-electron chi connectivity index (χ0n) is 5.96. The molecule has 0 bridgehead atoms. The normalized spacial score (nSPS) is 12.1. The first kappa shape index (κ1) is 9.09. The molecule has 54 valence electrons. The first-order valence-electron chi connectivity index (χ1n) is 3.23.